The lowest BCUT2D eigenvalue weighted by Gasteiger charge is -2.45. The fourth-order valence-electron chi connectivity index (χ4n) is 7.59. The summed E-state index contributed by atoms with van der Waals surface area (Å²) < 4.78 is 13.6. The summed E-state index contributed by atoms with van der Waals surface area (Å²) in [5.41, 5.74) is 1.89. The van der Waals surface area contributed by atoms with Crippen molar-refractivity contribution in [1.29, 1.82) is 0 Å². The number of fused-ring (bicyclic) bond motifs is 1. The van der Waals surface area contributed by atoms with Gasteiger partial charge in [0.15, 0.2) is 0 Å². The minimum atomic E-state index is -0.323. The third-order valence-corrected chi connectivity index (χ3v) is 9.78. The smallest absolute Gasteiger partial charge is 0.148 e. The van der Waals surface area contributed by atoms with Crippen LogP contribution in [0.3, 0.4) is 0 Å². The van der Waals surface area contributed by atoms with Gasteiger partial charge in [0.1, 0.15) is 11.6 Å². The topological polar surface area (TPSA) is 41.0 Å². The summed E-state index contributed by atoms with van der Waals surface area (Å²) in [6, 6.07) is 9.43. The van der Waals surface area contributed by atoms with E-state index in [1.165, 1.54) is 95.9 Å². The van der Waals surface area contributed by atoms with Crippen molar-refractivity contribution in [3.05, 3.63) is 41.2 Å². The molecule has 34 heavy (non-hydrogen) atoms. The highest BCUT2D eigenvalue weighted by Gasteiger charge is 2.45. The molecule has 6 heteroatoms. The van der Waals surface area contributed by atoms with E-state index >= 15 is 0 Å². The van der Waals surface area contributed by atoms with Crippen LogP contribution >= 0.6 is 11.6 Å². The van der Waals surface area contributed by atoms with Gasteiger partial charge in [0, 0.05) is 30.7 Å². The average Bonchev–Trinajstić information content (AvgIpc) is 3.41. The first-order valence-corrected chi connectivity index (χ1v) is 13.7. The average molecular weight is 483 g/mol. The van der Waals surface area contributed by atoms with E-state index in [2.05, 4.69) is 20.4 Å². The molecule has 1 N–H and O–H groups in total. The Kier molecular flexibility index (Phi) is 6.27. The molecule has 3 atom stereocenters. The van der Waals surface area contributed by atoms with Crippen molar-refractivity contribution in [2.45, 2.75) is 82.7 Å². The molecule has 0 unspecified atom stereocenters. The number of nitrogens with zero attached hydrogens (tertiary/aromatic N) is 3. The molecule has 1 spiro atoms. The lowest BCUT2D eigenvalue weighted by Crippen LogP contribution is -2.41. The quantitative estimate of drug-likeness (QED) is 0.511. The third-order valence-electron chi connectivity index (χ3n) is 9.45. The first-order valence-electron chi connectivity index (χ1n) is 13.4. The predicted molar refractivity (Wildman–Crippen MR) is 135 cm³/mol. The molecule has 0 bridgehead atoms. The lowest BCUT2D eigenvalue weighted by atomic mass is 9.64. The fraction of sp³-hybridized carbons (Fsp3) is 0.643. The highest BCUT2D eigenvalue weighted by molar-refractivity contribution is 6.33. The molecule has 4 nitrogen and oxygen atoms in total. The maximum absolute atomic E-state index is 13.6. The molecule has 1 saturated heterocycles. The van der Waals surface area contributed by atoms with Crippen molar-refractivity contribution in [2.75, 3.05) is 18.4 Å². The molecule has 4 fully saturated rings. The van der Waals surface area contributed by atoms with E-state index in [-0.39, 0.29) is 5.82 Å². The Morgan fingerprint density at radius 1 is 0.912 bits per heavy atom. The van der Waals surface area contributed by atoms with Gasteiger partial charge in [-0.25, -0.2) is 4.39 Å². The van der Waals surface area contributed by atoms with Crippen LogP contribution in [0, 0.1) is 23.1 Å². The monoisotopic (exact) mass is 482 g/mol. The highest BCUT2D eigenvalue weighted by atomic mass is 35.5. The van der Waals surface area contributed by atoms with Gasteiger partial charge >= 0.3 is 0 Å². The van der Waals surface area contributed by atoms with E-state index < -0.39 is 0 Å². The minimum absolute atomic E-state index is 0.323. The summed E-state index contributed by atoms with van der Waals surface area (Å²) in [7, 11) is 0. The molecule has 4 aliphatic rings. The van der Waals surface area contributed by atoms with Gasteiger partial charge in [0.05, 0.1) is 10.7 Å². The summed E-state index contributed by atoms with van der Waals surface area (Å²) in [6.45, 7) is 2.56. The summed E-state index contributed by atoms with van der Waals surface area (Å²) in [5.74, 6) is 2.09. The van der Waals surface area contributed by atoms with Crippen LogP contribution in [0.2, 0.25) is 5.02 Å². The van der Waals surface area contributed by atoms with Gasteiger partial charge in [-0.2, -0.15) is 0 Å². The van der Waals surface area contributed by atoms with Gasteiger partial charge in [-0.1, -0.05) is 30.9 Å². The Labute approximate surface area is 207 Å². The molecule has 1 aromatic carbocycles. The highest BCUT2D eigenvalue weighted by Crippen LogP contribution is 2.49. The summed E-state index contributed by atoms with van der Waals surface area (Å²) in [5, 5.41) is 12.8. The number of aromatic nitrogens is 2. The molecule has 1 aromatic heterocycles. The maximum atomic E-state index is 13.6. The second-order valence-electron chi connectivity index (χ2n) is 11.5. The number of anilines is 1. The Hall–Kier alpha value is -1.72. The molecular weight excluding hydrogens is 447 g/mol. The number of hydrogen-bond acceptors (Lipinski definition) is 4. The molecule has 2 aromatic rings. The second kappa shape index (κ2) is 9.39. The van der Waals surface area contributed by atoms with Crippen LogP contribution in [-0.2, 0) is 0 Å². The van der Waals surface area contributed by atoms with Crippen molar-refractivity contribution in [1.82, 2.24) is 15.1 Å². The zero-order valence-electron chi connectivity index (χ0n) is 20.0. The maximum Gasteiger partial charge on any atom is 0.148 e. The predicted octanol–water partition coefficient (Wildman–Crippen LogP) is 6.95. The molecule has 1 aliphatic heterocycles. The largest absolute Gasteiger partial charge is 0.366 e. The Bertz CT molecular complexity index is 982. The molecule has 0 radical (unpaired) electrons. The zero-order valence-corrected chi connectivity index (χ0v) is 20.7. The first-order chi connectivity index (χ1) is 16.6. The second-order valence-corrected chi connectivity index (χ2v) is 11.9. The van der Waals surface area contributed by atoms with Gasteiger partial charge in [0.2, 0.25) is 0 Å². The van der Waals surface area contributed by atoms with Gasteiger partial charge in [0.25, 0.3) is 0 Å². The molecule has 3 saturated carbocycles. The zero-order chi connectivity index (χ0) is 23.1. The minimum Gasteiger partial charge on any atom is -0.366 e. The van der Waals surface area contributed by atoms with Crippen LogP contribution in [0.1, 0.15) is 70.6 Å². The van der Waals surface area contributed by atoms with Crippen LogP contribution in [0.25, 0.3) is 11.3 Å². The van der Waals surface area contributed by atoms with Crippen LogP contribution in [0.5, 0.6) is 0 Å². The Morgan fingerprint density at radius 2 is 1.65 bits per heavy atom. The lowest BCUT2D eigenvalue weighted by molar-refractivity contribution is 0.0669. The number of nitrogens with one attached hydrogen (secondary N) is 1. The normalized spacial score (nSPS) is 29.4. The number of rotatable bonds is 4. The van der Waals surface area contributed by atoms with Crippen molar-refractivity contribution in [3.63, 3.8) is 0 Å². The SMILES string of the molecule is Fc1ccc(Cl)c(-c2ccc(N[C@H]3C[C@@H]4CN(C5CCC6(CCCCC6)CC5)C[C@@H]4C3)nn2)c1. The molecular formula is C28H36ClFN4. The van der Waals surface area contributed by atoms with E-state index in [1.54, 1.807) is 6.07 Å². The molecule has 182 valence electrons. The molecule has 0 amide bonds. The van der Waals surface area contributed by atoms with Crippen molar-refractivity contribution >= 4 is 17.4 Å². The summed E-state index contributed by atoms with van der Waals surface area (Å²) >= 11 is 6.21. The third kappa shape index (κ3) is 4.58. The Morgan fingerprint density at radius 3 is 2.32 bits per heavy atom. The first kappa shape index (κ1) is 22.7. The van der Waals surface area contributed by atoms with Crippen LogP contribution < -0.4 is 5.32 Å². The van der Waals surface area contributed by atoms with E-state index in [9.17, 15) is 4.39 Å². The number of halogens is 2. The van der Waals surface area contributed by atoms with E-state index in [0.29, 0.717) is 22.3 Å². The van der Waals surface area contributed by atoms with Crippen molar-refractivity contribution in [2.24, 2.45) is 17.3 Å². The van der Waals surface area contributed by atoms with Crippen LogP contribution in [0.4, 0.5) is 10.2 Å². The Balaban J connectivity index is 1.01. The van der Waals surface area contributed by atoms with Crippen molar-refractivity contribution in [3.8, 4) is 11.3 Å². The van der Waals surface area contributed by atoms with Gasteiger partial charge in [-0.05, 0) is 98.9 Å². The number of hydrogen-bond donors (Lipinski definition) is 1. The van der Waals surface area contributed by atoms with Gasteiger partial charge in [-0.3, -0.25) is 4.90 Å². The van der Waals surface area contributed by atoms with E-state index in [4.69, 9.17) is 11.6 Å². The van der Waals surface area contributed by atoms with Crippen LogP contribution in [0.15, 0.2) is 30.3 Å². The molecule has 2 heterocycles. The number of likely N-dealkylation sites (tertiary alicyclic amines) is 1. The standard InChI is InChI=1S/C28H36ClFN4/c29-25-5-4-21(30)16-24(25)26-6-7-27(33-32-26)31-22-14-19-17-34(18-20(19)15-22)23-8-12-28(13-9-23)10-2-1-3-11-28/h4-7,16,19-20,22-23H,1-3,8-15,17-18H2,(H,31,33)/t19-,20+,22+. The molecule has 3 aliphatic carbocycles. The molecule has 6 rings (SSSR count). The summed E-state index contributed by atoms with van der Waals surface area (Å²) in [6.07, 6.45) is 15.6. The van der Waals surface area contributed by atoms with E-state index in [1.807, 2.05) is 12.1 Å². The van der Waals surface area contributed by atoms with Crippen molar-refractivity contribution < 1.29 is 4.39 Å². The number of benzene rings is 1. The van der Waals surface area contributed by atoms with Crippen LogP contribution in [-0.4, -0.2) is 40.3 Å². The fourth-order valence-corrected chi connectivity index (χ4v) is 7.80. The summed E-state index contributed by atoms with van der Waals surface area (Å²) in [4.78, 5) is 2.85. The van der Waals surface area contributed by atoms with E-state index in [0.717, 1.165) is 29.1 Å². The van der Waals surface area contributed by atoms with Gasteiger partial charge in [-0.15, -0.1) is 10.2 Å². The van der Waals surface area contributed by atoms with Gasteiger partial charge < -0.3 is 5.32 Å².